The Labute approximate surface area is 65.5 Å². The van der Waals surface area contributed by atoms with E-state index in [4.69, 9.17) is 0 Å². The normalized spacial score (nSPS) is 23.1. The fourth-order valence-electron chi connectivity index (χ4n) is 1.24. The molecule has 1 aromatic rings. The molecule has 1 aliphatic heterocycles. The van der Waals surface area contributed by atoms with Crippen molar-refractivity contribution < 1.29 is 0 Å². The summed E-state index contributed by atoms with van der Waals surface area (Å²) in [5.41, 5.74) is 7.35. The van der Waals surface area contributed by atoms with Crippen LogP contribution >= 0.6 is 0 Å². The summed E-state index contributed by atoms with van der Waals surface area (Å²) in [4.78, 5) is 3.17. The highest BCUT2D eigenvalue weighted by Gasteiger charge is 2.10. The summed E-state index contributed by atoms with van der Waals surface area (Å²) in [5.74, 6) is 0. The van der Waals surface area contributed by atoms with Crippen molar-refractivity contribution in [3.63, 3.8) is 0 Å². The number of hydrogen-bond acceptors (Lipinski definition) is 2. The summed E-state index contributed by atoms with van der Waals surface area (Å²) in [6.45, 7) is 0. The van der Waals surface area contributed by atoms with Gasteiger partial charge in [0, 0.05) is 18.1 Å². The van der Waals surface area contributed by atoms with E-state index < -0.39 is 0 Å². The van der Waals surface area contributed by atoms with E-state index in [1.165, 1.54) is 5.69 Å². The van der Waals surface area contributed by atoms with Gasteiger partial charge in [0.25, 0.3) is 0 Å². The van der Waals surface area contributed by atoms with Gasteiger partial charge in [0.2, 0.25) is 0 Å². The smallest absolute Gasteiger partial charge is 0.0694 e. The maximum absolute atomic E-state index is 3.17. The number of aromatic amines is 1. The van der Waals surface area contributed by atoms with Gasteiger partial charge in [-0.3, -0.25) is 0 Å². The zero-order valence-corrected chi connectivity index (χ0v) is 6.17. The van der Waals surface area contributed by atoms with Crippen LogP contribution in [0.3, 0.4) is 0 Å². The zero-order chi connectivity index (χ0) is 7.52. The molecule has 58 valence electrons. The van der Waals surface area contributed by atoms with Crippen LogP contribution in [0.1, 0.15) is 18.2 Å². The molecule has 0 saturated carbocycles. The summed E-state index contributed by atoms with van der Waals surface area (Å²) in [5, 5.41) is 0. The summed E-state index contributed by atoms with van der Waals surface area (Å²) in [7, 11) is 0. The molecule has 2 rings (SSSR count). The lowest BCUT2D eigenvalue weighted by Gasteiger charge is -2.19. The molecular weight excluding hydrogens is 138 g/mol. The highest BCUT2D eigenvalue weighted by molar-refractivity contribution is 5.11. The molecule has 3 N–H and O–H groups in total. The quantitative estimate of drug-likeness (QED) is 0.559. The third-order valence-electron chi connectivity index (χ3n) is 1.83. The van der Waals surface area contributed by atoms with Gasteiger partial charge in [0.1, 0.15) is 0 Å². The first-order valence-corrected chi connectivity index (χ1v) is 3.76. The maximum atomic E-state index is 3.17. The molecule has 0 aliphatic carbocycles. The predicted octanol–water partition coefficient (Wildman–Crippen LogP) is 1.07. The van der Waals surface area contributed by atoms with Crippen LogP contribution in [-0.2, 0) is 0 Å². The highest BCUT2D eigenvalue weighted by atomic mass is 15.4. The van der Waals surface area contributed by atoms with E-state index in [9.17, 15) is 0 Å². The molecule has 0 bridgehead atoms. The fourth-order valence-corrected chi connectivity index (χ4v) is 1.24. The minimum absolute atomic E-state index is 0.384. The van der Waals surface area contributed by atoms with E-state index in [2.05, 4.69) is 28.0 Å². The first-order valence-electron chi connectivity index (χ1n) is 3.76. The van der Waals surface area contributed by atoms with Gasteiger partial charge in [-0.05, 0) is 18.6 Å². The van der Waals surface area contributed by atoms with Gasteiger partial charge in [0.05, 0.1) is 6.04 Å². The Balaban J connectivity index is 2.11. The van der Waals surface area contributed by atoms with Crippen molar-refractivity contribution in [3.8, 4) is 0 Å². The van der Waals surface area contributed by atoms with E-state index in [0.29, 0.717) is 6.04 Å². The van der Waals surface area contributed by atoms with Crippen LogP contribution < -0.4 is 10.9 Å². The molecule has 0 spiro atoms. The second-order valence-corrected chi connectivity index (χ2v) is 2.60. The molecule has 3 heteroatoms. The number of hydrazine groups is 1. The van der Waals surface area contributed by atoms with Crippen molar-refractivity contribution >= 4 is 0 Å². The highest BCUT2D eigenvalue weighted by Crippen LogP contribution is 2.15. The van der Waals surface area contributed by atoms with Crippen molar-refractivity contribution in [3.05, 3.63) is 36.3 Å². The number of H-pyrrole nitrogens is 1. The molecule has 0 fully saturated rings. The van der Waals surface area contributed by atoms with Crippen LogP contribution in [0.15, 0.2) is 30.6 Å². The third-order valence-corrected chi connectivity index (χ3v) is 1.83. The predicted molar refractivity (Wildman–Crippen MR) is 43.6 cm³/mol. The molecule has 0 amide bonds. The lowest BCUT2D eigenvalue weighted by atomic mass is 10.1. The molecule has 0 radical (unpaired) electrons. The molecule has 3 nitrogen and oxygen atoms in total. The first kappa shape index (κ1) is 6.49. The minimum Gasteiger partial charge on any atom is -0.364 e. The molecule has 0 aromatic carbocycles. The Kier molecular flexibility index (Phi) is 1.65. The van der Waals surface area contributed by atoms with Crippen molar-refractivity contribution in [2.45, 2.75) is 12.5 Å². The monoisotopic (exact) mass is 149 g/mol. The van der Waals surface area contributed by atoms with Gasteiger partial charge in [-0.25, -0.2) is 5.43 Å². The van der Waals surface area contributed by atoms with Crippen molar-refractivity contribution in [2.24, 2.45) is 0 Å². The van der Waals surface area contributed by atoms with Crippen molar-refractivity contribution in [1.82, 2.24) is 15.8 Å². The standard InChI is InChI=1S/C8H11N3/c1-3-7(9-5-1)8-4-2-6-10-11-8/h1-3,5-6,8-11H,4H2. The van der Waals surface area contributed by atoms with E-state index in [-0.39, 0.29) is 0 Å². The van der Waals surface area contributed by atoms with Gasteiger partial charge in [-0.15, -0.1) is 0 Å². The van der Waals surface area contributed by atoms with Crippen LogP contribution in [0.2, 0.25) is 0 Å². The van der Waals surface area contributed by atoms with Crippen LogP contribution in [0.5, 0.6) is 0 Å². The summed E-state index contributed by atoms with van der Waals surface area (Å²) in [6.07, 6.45) is 7.00. The molecule has 2 heterocycles. The topological polar surface area (TPSA) is 39.8 Å². The second-order valence-electron chi connectivity index (χ2n) is 2.60. The van der Waals surface area contributed by atoms with Gasteiger partial charge >= 0.3 is 0 Å². The Hall–Kier alpha value is -1.22. The second kappa shape index (κ2) is 2.80. The Morgan fingerprint density at radius 3 is 3.09 bits per heavy atom. The Morgan fingerprint density at radius 2 is 2.45 bits per heavy atom. The Bertz CT molecular complexity index is 238. The van der Waals surface area contributed by atoms with Crippen LogP contribution in [-0.4, -0.2) is 4.98 Å². The summed E-state index contributed by atoms with van der Waals surface area (Å²) < 4.78 is 0. The molecule has 1 unspecified atom stereocenters. The molecule has 1 aromatic heterocycles. The summed E-state index contributed by atoms with van der Waals surface area (Å²) >= 11 is 0. The first-order chi connectivity index (χ1) is 5.47. The summed E-state index contributed by atoms with van der Waals surface area (Å²) in [6, 6.07) is 4.48. The molecule has 1 aliphatic rings. The molecule has 1 atom stereocenters. The number of nitrogens with one attached hydrogen (secondary N) is 3. The van der Waals surface area contributed by atoms with E-state index in [1.807, 2.05) is 18.5 Å². The van der Waals surface area contributed by atoms with Crippen LogP contribution in [0.4, 0.5) is 0 Å². The molecule has 0 saturated heterocycles. The number of rotatable bonds is 1. The van der Waals surface area contributed by atoms with Gasteiger partial charge < -0.3 is 10.4 Å². The van der Waals surface area contributed by atoms with Crippen molar-refractivity contribution in [1.29, 1.82) is 0 Å². The average Bonchev–Trinajstić information content (AvgIpc) is 2.58. The lowest BCUT2D eigenvalue weighted by molar-refractivity contribution is 0.466. The zero-order valence-electron chi connectivity index (χ0n) is 6.17. The fraction of sp³-hybridized carbons (Fsp3) is 0.250. The molecular formula is C8H11N3. The van der Waals surface area contributed by atoms with Gasteiger partial charge in [0.15, 0.2) is 0 Å². The SMILES string of the molecule is C1=CNNC(c2ccc[nH]2)C1. The number of hydrogen-bond donors (Lipinski definition) is 3. The number of aromatic nitrogens is 1. The molecule has 11 heavy (non-hydrogen) atoms. The lowest BCUT2D eigenvalue weighted by Crippen LogP contribution is -2.34. The van der Waals surface area contributed by atoms with E-state index in [1.54, 1.807) is 0 Å². The largest absolute Gasteiger partial charge is 0.364 e. The van der Waals surface area contributed by atoms with Crippen LogP contribution in [0, 0.1) is 0 Å². The van der Waals surface area contributed by atoms with E-state index in [0.717, 1.165) is 6.42 Å². The average molecular weight is 149 g/mol. The third kappa shape index (κ3) is 1.28. The minimum atomic E-state index is 0.384. The van der Waals surface area contributed by atoms with E-state index >= 15 is 0 Å². The van der Waals surface area contributed by atoms with Crippen LogP contribution in [0.25, 0.3) is 0 Å². The maximum Gasteiger partial charge on any atom is 0.0694 e. The van der Waals surface area contributed by atoms with Gasteiger partial charge in [-0.2, -0.15) is 0 Å². The van der Waals surface area contributed by atoms with Gasteiger partial charge in [-0.1, -0.05) is 6.08 Å². The Morgan fingerprint density at radius 1 is 1.45 bits per heavy atom. The van der Waals surface area contributed by atoms with Crippen molar-refractivity contribution in [2.75, 3.05) is 0 Å².